The molecule has 0 fully saturated rings. The van der Waals surface area contributed by atoms with Gasteiger partial charge in [0.1, 0.15) is 0 Å². The lowest BCUT2D eigenvalue weighted by molar-refractivity contribution is 0.176. The van der Waals surface area contributed by atoms with Crippen LogP contribution in [0.25, 0.3) is 0 Å². The Kier molecular flexibility index (Phi) is 3.71. The zero-order chi connectivity index (χ0) is 13.6. The lowest BCUT2D eigenvalue weighted by atomic mass is 9.83. The molecule has 0 saturated carbocycles. The highest BCUT2D eigenvalue weighted by Crippen LogP contribution is 2.51. The fourth-order valence-electron chi connectivity index (χ4n) is 2.23. The van der Waals surface area contributed by atoms with Crippen LogP contribution >= 0.6 is 11.8 Å². The van der Waals surface area contributed by atoms with Gasteiger partial charge in [-0.05, 0) is 26.2 Å². The summed E-state index contributed by atoms with van der Waals surface area (Å²) in [7, 11) is 0. The van der Waals surface area contributed by atoms with Crippen LogP contribution in [0, 0.1) is 10.8 Å². The number of rotatable bonds is 0. The monoisotopic (exact) mass is 255 g/mol. The lowest BCUT2D eigenvalue weighted by Gasteiger charge is -2.41. The van der Waals surface area contributed by atoms with E-state index in [9.17, 15) is 0 Å². The van der Waals surface area contributed by atoms with Crippen molar-refractivity contribution in [3.8, 4) is 0 Å². The summed E-state index contributed by atoms with van der Waals surface area (Å²) >= 11 is 2.02. The predicted octanol–water partition coefficient (Wildman–Crippen LogP) is 5.10. The molecule has 0 aromatic heterocycles. The fourth-order valence-corrected chi connectivity index (χ4v) is 3.99. The Morgan fingerprint density at radius 2 is 1.29 bits per heavy atom. The highest BCUT2D eigenvalue weighted by Gasteiger charge is 2.40. The molecule has 1 rings (SSSR count). The summed E-state index contributed by atoms with van der Waals surface area (Å²) in [4.78, 5) is 4.15. The van der Waals surface area contributed by atoms with Gasteiger partial charge >= 0.3 is 0 Å². The van der Waals surface area contributed by atoms with E-state index in [-0.39, 0.29) is 16.4 Å². The summed E-state index contributed by atoms with van der Waals surface area (Å²) in [6.07, 6.45) is 0. The number of allylic oxidation sites excluding steroid dienone is 2. The summed E-state index contributed by atoms with van der Waals surface area (Å²) in [5, 5.41) is 0. The molecule has 2 heteroatoms. The van der Waals surface area contributed by atoms with Gasteiger partial charge in [-0.15, -0.1) is 11.8 Å². The second-order valence-electron chi connectivity index (χ2n) is 8.05. The maximum Gasteiger partial charge on any atom is 0.0686 e. The molecule has 0 aromatic carbocycles. The summed E-state index contributed by atoms with van der Waals surface area (Å²) in [6.45, 7) is 20.9. The molecule has 0 saturated heterocycles. The second kappa shape index (κ2) is 4.22. The van der Waals surface area contributed by atoms with Gasteiger partial charge in [0, 0.05) is 21.6 Å². The summed E-state index contributed by atoms with van der Waals surface area (Å²) in [6, 6.07) is 0. The minimum atomic E-state index is 0.211. The van der Waals surface area contributed by atoms with Crippen LogP contribution in [-0.2, 0) is 0 Å². The normalized spacial score (nSPS) is 19.2. The van der Waals surface area contributed by atoms with Gasteiger partial charge in [-0.2, -0.15) is 0 Å². The van der Waals surface area contributed by atoms with E-state index in [0.29, 0.717) is 0 Å². The molecule has 0 atom stereocenters. The molecule has 1 nitrogen and oxygen atoms in total. The van der Waals surface area contributed by atoms with Crippen molar-refractivity contribution in [1.29, 1.82) is 0 Å². The predicted molar refractivity (Wildman–Crippen MR) is 80.0 cm³/mol. The van der Waals surface area contributed by atoms with E-state index in [4.69, 9.17) is 0 Å². The topological polar surface area (TPSA) is 3.24 Å². The van der Waals surface area contributed by atoms with E-state index >= 15 is 0 Å². The SMILES string of the molecule is CC(C)(C)C1=C(C(C)(C)C)N(C(C)(C)C)CS1. The molecule has 1 heterocycles. The molecule has 0 amide bonds. The van der Waals surface area contributed by atoms with Crippen LogP contribution in [0.1, 0.15) is 62.3 Å². The summed E-state index contributed by atoms with van der Waals surface area (Å²) < 4.78 is 0. The number of nitrogens with zero attached hydrogens (tertiary/aromatic N) is 1. The first-order valence-corrected chi connectivity index (χ1v) is 7.49. The number of thioether (sulfide) groups is 1. The smallest absolute Gasteiger partial charge is 0.0686 e. The molecular formula is C15H29NS. The van der Waals surface area contributed by atoms with E-state index in [0.717, 1.165) is 5.88 Å². The van der Waals surface area contributed by atoms with Crippen LogP contribution in [-0.4, -0.2) is 16.3 Å². The third-order valence-corrected chi connectivity index (χ3v) is 4.51. The Morgan fingerprint density at radius 1 is 0.824 bits per heavy atom. The van der Waals surface area contributed by atoms with Gasteiger partial charge in [0.2, 0.25) is 0 Å². The highest BCUT2D eigenvalue weighted by atomic mass is 32.2. The van der Waals surface area contributed by atoms with Crippen LogP contribution in [0.2, 0.25) is 0 Å². The van der Waals surface area contributed by atoms with Gasteiger partial charge in [-0.25, -0.2) is 0 Å². The van der Waals surface area contributed by atoms with Crippen LogP contribution in [0.4, 0.5) is 0 Å². The highest BCUT2D eigenvalue weighted by molar-refractivity contribution is 8.03. The third kappa shape index (κ3) is 3.21. The Bertz CT molecular complexity index is 320. The molecule has 1 aliphatic heterocycles. The van der Waals surface area contributed by atoms with Crippen molar-refractivity contribution in [2.45, 2.75) is 67.9 Å². The molecule has 0 unspecified atom stereocenters. The summed E-state index contributed by atoms with van der Waals surface area (Å²) in [5.41, 5.74) is 2.23. The fraction of sp³-hybridized carbons (Fsp3) is 0.867. The molecule has 0 N–H and O–H groups in total. The maximum absolute atomic E-state index is 2.58. The number of hydrogen-bond acceptors (Lipinski definition) is 2. The van der Waals surface area contributed by atoms with Gasteiger partial charge in [0.25, 0.3) is 0 Å². The van der Waals surface area contributed by atoms with E-state index in [1.54, 1.807) is 10.6 Å². The average molecular weight is 255 g/mol. The van der Waals surface area contributed by atoms with Crippen molar-refractivity contribution in [2.24, 2.45) is 10.8 Å². The largest absolute Gasteiger partial charge is 0.359 e. The van der Waals surface area contributed by atoms with Gasteiger partial charge < -0.3 is 4.90 Å². The molecule has 0 bridgehead atoms. The minimum absolute atomic E-state index is 0.211. The first kappa shape index (κ1) is 14.9. The Labute approximate surface area is 112 Å². The van der Waals surface area contributed by atoms with E-state index in [1.165, 1.54) is 0 Å². The van der Waals surface area contributed by atoms with E-state index in [2.05, 4.69) is 67.2 Å². The van der Waals surface area contributed by atoms with Crippen molar-refractivity contribution in [3.05, 3.63) is 10.6 Å². The quantitative estimate of drug-likeness (QED) is 0.593. The van der Waals surface area contributed by atoms with Gasteiger partial charge in [-0.1, -0.05) is 41.5 Å². The first-order valence-electron chi connectivity index (χ1n) is 6.51. The maximum atomic E-state index is 2.58. The van der Waals surface area contributed by atoms with Crippen molar-refractivity contribution in [3.63, 3.8) is 0 Å². The summed E-state index contributed by atoms with van der Waals surface area (Å²) in [5.74, 6) is 1.10. The lowest BCUT2D eigenvalue weighted by Crippen LogP contribution is -2.42. The second-order valence-corrected chi connectivity index (χ2v) is 9.01. The van der Waals surface area contributed by atoms with Crippen molar-refractivity contribution < 1.29 is 0 Å². The minimum Gasteiger partial charge on any atom is -0.359 e. The Hall–Kier alpha value is -0.110. The van der Waals surface area contributed by atoms with Crippen molar-refractivity contribution in [2.75, 3.05) is 5.88 Å². The van der Waals surface area contributed by atoms with Crippen LogP contribution in [0.15, 0.2) is 10.6 Å². The zero-order valence-corrected chi connectivity index (χ0v) is 13.9. The molecule has 100 valence electrons. The van der Waals surface area contributed by atoms with E-state index < -0.39 is 0 Å². The van der Waals surface area contributed by atoms with Gasteiger partial charge in [0.05, 0.1) is 5.88 Å². The molecule has 0 radical (unpaired) electrons. The van der Waals surface area contributed by atoms with Crippen molar-refractivity contribution in [1.82, 2.24) is 4.90 Å². The Morgan fingerprint density at radius 3 is 1.59 bits per heavy atom. The van der Waals surface area contributed by atoms with Crippen molar-refractivity contribution >= 4 is 11.8 Å². The van der Waals surface area contributed by atoms with Crippen LogP contribution < -0.4 is 0 Å². The molecule has 17 heavy (non-hydrogen) atoms. The Balaban J connectivity index is 3.31. The standard InChI is InChI=1S/C15H29NS/c1-13(2,3)11-12(14(4,5)6)17-10-16(11)15(7,8)9/h10H2,1-9H3. The molecule has 0 spiro atoms. The third-order valence-electron chi connectivity index (χ3n) is 3.02. The van der Waals surface area contributed by atoms with Gasteiger partial charge in [-0.3, -0.25) is 0 Å². The van der Waals surface area contributed by atoms with Crippen LogP contribution in [0.5, 0.6) is 0 Å². The molecule has 1 aliphatic rings. The average Bonchev–Trinajstić information content (AvgIpc) is 2.42. The molecule has 0 aliphatic carbocycles. The molecule has 0 aromatic rings. The zero-order valence-electron chi connectivity index (χ0n) is 13.1. The number of hydrogen-bond donors (Lipinski definition) is 0. The van der Waals surface area contributed by atoms with E-state index in [1.807, 2.05) is 11.8 Å². The van der Waals surface area contributed by atoms with Crippen LogP contribution in [0.3, 0.4) is 0 Å². The van der Waals surface area contributed by atoms with Gasteiger partial charge in [0.15, 0.2) is 0 Å². The molecular weight excluding hydrogens is 226 g/mol. The first-order chi connectivity index (χ1) is 7.35.